The molecule has 1 aromatic rings. The van der Waals surface area contributed by atoms with Crippen molar-refractivity contribution in [1.29, 1.82) is 0 Å². The van der Waals surface area contributed by atoms with E-state index < -0.39 is 10.1 Å². The first-order chi connectivity index (χ1) is 5.58. The van der Waals surface area contributed by atoms with Gasteiger partial charge in [0.2, 0.25) is 0 Å². The van der Waals surface area contributed by atoms with Gasteiger partial charge in [-0.15, -0.1) is 0 Å². The van der Waals surface area contributed by atoms with Gasteiger partial charge < -0.3 is 4.55 Å². The molecular formula is C8H9CsO3S. The van der Waals surface area contributed by atoms with Gasteiger partial charge in [-0.2, -0.15) is 0 Å². The van der Waals surface area contributed by atoms with Crippen molar-refractivity contribution in [3.8, 4) is 0 Å². The average Bonchev–Trinajstić information content (AvgIpc) is 2.02. The van der Waals surface area contributed by atoms with Gasteiger partial charge in [-0.05, 0) is 12.0 Å². The molecule has 0 aliphatic rings. The van der Waals surface area contributed by atoms with Crippen molar-refractivity contribution in [1.82, 2.24) is 0 Å². The third-order valence-electron chi connectivity index (χ3n) is 1.48. The maximum atomic E-state index is 10.2. The number of aryl methyl sites for hydroxylation is 1. The summed E-state index contributed by atoms with van der Waals surface area (Å²) in [4.78, 5) is 0. The molecular weight excluding hydrogens is 309 g/mol. The van der Waals surface area contributed by atoms with E-state index in [4.69, 9.17) is 0 Å². The van der Waals surface area contributed by atoms with Crippen LogP contribution >= 0.6 is 0 Å². The number of hydrogen-bond donors (Lipinski definition) is 0. The van der Waals surface area contributed by atoms with Crippen molar-refractivity contribution in [2.24, 2.45) is 0 Å². The van der Waals surface area contributed by atoms with Crippen LogP contribution in [0.4, 0.5) is 0 Å². The first kappa shape index (κ1) is 14.2. The van der Waals surface area contributed by atoms with Crippen molar-refractivity contribution in [3.63, 3.8) is 0 Å². The molecule has 13 heavy (non-hydrogen) atoms. The topological polar surface area (TPSA) is 57.2 Å². The molecule has 0 radical (unpaired) electrons. The second-order valence-electron chi connectivity index (χ2n) is 2.50. The molecule has 0 saturated carbocycles. The number of hydrogen-bond acceptors (Lipinski definition) is 3. The van der Waals surface area contributed by atoms with Crippen LogP contribution < -0.4 is 68.9 Å². The largest absolute Gasteiger partial charge is 1.00 e. The Morgan fingerprint density at radius 2 is 1.69 bits per heavy atom. The molecule has 1 aromatic carbocycles. The molecule has 1 rings (SSSR count). The zero-order chi connectivity index (χ0) is 9.03. The minimum absolute atomic E-state index is 0. The minimum atomic E-state index is -4.07. The Morgan fingerprint density at radius 3 is 2.15 bits per heavy atom. The average molecular weight is 318 g/mol. The summed E-state index contributed by atoms with van der Waals surface area (Å²) >= 11 is 0. The van der Waals surface area contributed by atoms with Crippen LogP contribution in [-0.4, -0.2) is 18.7 Å². The standard InChI is InChI=1S/C8H10O3S.Cs/c9-12(10,11)7-6-8-4-2-1-3-5-8;/h1-5H,6-7H2,(H,9,10,11);/q;+1/p-1. The maximum absolute atomic E-state index is 10.2. The van der Waals surface area contributed by atoms with Gasteiger partial charge in [-0.3, -0.25) is 0 Å². The predicted octanol–water partition coefficient (Wildman–Crippen LogP) is -2.22. The summed E-state index contributed by atoms with van der Waals surface area (Å²) in [6, 6.07) is 9.06. The zero-order valence-corrected chi connectivity index (χ0v) is 14.5. The summed E-state index contributed by atoms with van der Waals surface area (Å²) in [6.07, 6.45) is 0.298. The second kappa shape index (κ2) is 6.63. The van der Waals surface area contributed by atoms with Crippen LogP contribution in [0.2, 0.25) is 0 Å². The fourth-order valence-electron chi connectivity index (χ4n) is 0.888. The molecule has 0 saturated heterocycles. The molecule has 0 fully saturated rings. The maximum Gasteiger partial charge on any atom is 1.00 e. The van der Waals surface area contributed by atoms with E-state index in [1.165, 1.54) is 0 Å². The van der Waals surface area contributed by atoms with E-state index >= 15 is 0 Å². The Bertz CT molecular complexity index is 334. The normalized spacial score (nSPS) is 10.5. The third kappa shape index (κ3) is 7.15. The molecule has 0 spiro atoms. The van der Waals surface area contributed by atoms with Gasteiger partial charge in [0, 0.05) is 5.75 Å². The van der Waals surface area contributed by atoms with Gasteiger partial charge in [0.1, 0.15) is 0 Å². The summed E-state index contributed by atoms with van der Waals surface area (Å²) in [5.41, 5.74) is 0.872. The minimum Gasteiger partial charge on any atom is -0.748 e. The Hall–Kier alpha value is 1.18. The van der Waals surface area contributed by atoms with Crippen molar-refractivity contribution >= 4 is 10.1 Å². The summed E-state index contributed by atoms with van der Waals surface area (Å²) in [5.74, 6) is -0.322. The Morgan fingerprint density at radius 1 is 1.15 bits per heavy atom. The van der Waals surface area contributed by atoms with E-state index in [0.717, 1.165) is 5.56 Å². The summed E-state index contributed by atoms with van der Waals surface area (Å²) in [5, 5.41) is 0. The fourth-order valence-corrected chi connectivity index (χ4v) is 1.37. The van der Waals surface area contributed by atoms with Crippen LogP contribution in [0.3, 0.4) is 0 Å². The molecule has 0 atom stereocenters. The summed E-state index contributed by atoms with van der Waals surface area (Å²) in [6.45, 7) is 0. The van der Waals surface area contributed by atoms with Gasteiger partial charge in [0.25, 0.3) is 0 Å². The van der Waals surface area contributed by atoms with Crippen molar-refractivity contribution < 1.29 is 81.9 Å². The molecule has 0 bridgehead atoms. The molecule has 0 N–H and O–H groups in total. The quantitative estimate of drug-likeness (QED) is 0.593. The van der Waals surface area contributed by atoms with Crippen molar-refractivity contribution in [2.45, 2.75) is 6.42 Å². The molecule has 0 unspecified atom stereocenters. The molecule has 3 nitrogen and oxygen atoms in total. The van der Waals surface area contributed by atoms with Gasteiger partial charge in [0.05, 0.1) is 10.1 Å². The van der Waals surface area contributed by atoms with Gasteiger partial charge in [-0.1, -0.05) is 30.3 Å². The number of rotatable bonds is 3. The van der Waals surface area contributed by atoms with Gasteiger partial charge in [-0.25, -0.2) is 8.42 Å². The first-order valence-electron chi connectivity index (χ1n) is 3.55. The predicted molar refractivity (Wildman–Crippen MR) is 44.7 cm³/mol. The van der Waals surface area contributed by atoms with Crippen LogP contribution in [0, 0.1) is 0 Å². The van der Waals surface area contributed by atoms with E-state index in [0.29, 0.717) is 6.42 Å². The molecule has 0 aliphatic heterocycles. The molecule has 0 aliphatic carbocycles. The summed E-state index contributed by atoms with van der Waals surface area (Å²) < 4.78 is 30.7. The molecule has 0 aromatic heterocycles. The third-order valence-corrected chi connectivity index (χ3v) is 2.19. The second-order valence-corrected chi connectivity index (χ2v) is 4.02. The van der Waals surface area contributed by atoms with Crippen molar-refractivity contribution in [3.05, 3.63) is 35.9 Å². The molecule has 0 amide bonds. The summed E-state index contributed by atoms with van der Waals surface area (Å²) in [7, 11) is -4.07. The number of benzene rings is 1. The van der Waals surface area contributed by atoms with E-state index in [1.54, 1.807) is 12.1 Å². The van der Waals surface area contributed by atoms with E-state index in [9.17, 15) is 13.0 Å². The fraction of sp³-hybridized carbons (Fsp3) is 0.250. The molecule has 66 valence electrons. The Balaban J connectivity index is 0.00000144. The molecule has 0 heterocycles. The van der Waals surface area contributed by atoms with E-state index in [1.807, 2.05) is 18.2 Å². The van der Waals surface area contributed by atoms with Crippen LogP contribution in [0.5, 0.6) is 0 Å². The van der Waals surface area contributed by atoms with E-state index in [2.05, 4.69) is 0 Å². The molecule has 5 heteroatoms. The van der Waals surface area contributed by atoms with Crippen LogP contribution in [0.25, 0.3) is 0 Å². The van der Waals surface area contributed by atoms with E-state index in [-0.39, 0.29) is 74.6 Å². The smallest absolute Gasteiger partial charge is 0.748 e. The van der Waals surface area contributed by atoms with Crippen molar-refractivity contribution in [2.75, 3.05) is 5.75 Å². The van der Waals surface area contributed by atoms with Crippen LogP contribution in [-0.2, 0) is 16.5 Å². The van der Waals surface area contributed by atoms with Gasteiger partial charge >= 0.3 is 68.9 Å². The van der Waals surface area contributed by atoms with Crippen LogP contribution in [0.1, 0.15) is 5.56 Å². The van der Waals surface area contributed by atoms with Crippen LogP contribution in [0.15, 0.2) is 30.3 Å². The van der Waals surface area contributed by atoms with Gasteiger partial charge in [0.15, 0.2) is 0 Å². The SMILES string of the molecule is O=S(=O)([O-])CCc1ccccc1.[Cs+]. The Labute approximate surface area is 137 Å². The Kier molecular flexibility index (Phi) is 7.23. The zero-order valence-electron chi connectivity index (χ0n) is 7.43. The first-order valence-corrected chi connectivity index (χ1v) is 5.13. The monoisotopic (exact) mass is 318 g/mol.